The molecule has 7 nitrogen and oxygen atoms in total. The average Bonchev–Trinajstić information content (AvgIpc) is 2.63. The van der Waals surface area contributed by atoms with Crippen LogP contribution in [-0.2, 0) is 0 Å². The van der Waals surface area contributed by atoms with Crippen LogP contribution >= 0.6 is 11.6 Å². The predicted molar refractivity (Wildman–Crippen MR) is 115 cm³/mol. The highest BCUT2D eigenvalue weighted by atomic mass is 35.5. The number of carbonyl (C=O) groups is 1. The minimum Gasteiger partial charge on any atom is -0.354 e. The molecule has 1 aromatic heterocycles. The Morgan fingerprint density at radius 3 is 2.39 bits per heavy atom. The molecule has 28 heavy (non-hydrogen) atoms. The highest BCUT2D eigenvalue weighted by molar-refractivity contribution is 6.30. The summed E-state index contributed by atoms with van der Waals surface area (Å²) in [6.07, 6.45) is 0. The molecule has 4 N–H and O–H groups in total. The highest BCUT2D eigenvalue weighted by Crippen LogP contribution is 2.20. The number of nitrogens with zero attached hydrogens (tertiary/aromatic N) is 2. The minimum atomic E-state index is -0.343. The van der Waals surface area contributed by atoms with E-state index in [4.69, 9.17) is 11.6 Å². The number of benzene rings is 2. The van der Waals surface area contributed by atoms with Crippen LogP contribution < -0.4 is 21.3 Å². The number of nitrogens with one attached hydrogen (secondary N) is 4. The van der Waals surface area contributed by atoms with Crippen molar-refractivity contribution in [2.45, 2.75) is 13.8 Å². The van der Waals surface area contributed by atoms with Crippen molar-refractivity contribution >= 4 is 46.5 Å². The lowest BCUT2D eigenvalue weighted by molar-refractivity contribution is 0.262. The lowest BCUT2D eigenvalue weighted by Crippen LogP contribution is -2.19. The molecule has 0 saturated carbocycles. The Morgan fingerprint density at radius 2 is 1.68 bits per heavy atom. The number of rotatable bonds is 6. The zero-order valence-electron chi connectivity index (χ0n) is 15.6. The largest absolute Gasteiger partial charge is 0.354 e. The number of aromatic nitrogens is 2. The van der Waals surface area contributed by atoms with Gasteiger partial charge in [0.15, 0.2) is 0 Å². The van der Waals surface area contributed by atoms with Gasteiger partial charge in [-0.15, -0.1) is 0 Å². The number of amides is 2. The Hall–Kier alpha value is -3.32. The van der Waals surface area contributed by atoms with E-state index < -0.39 is 0 Å². The number of halogens is 1. The quantitative estimate of drug-likeness (QED) is 0.456. The second-order valence-electron chi connectivity index (χ2n) is 6.04. The van der Waals surface area contributed by atoms with Crippen LogP contribution in [0.25, 0.3) is 0 Å². The first-order valence-corrected chi connectivity index (χ1v) is 9.20. The molecule has 3 aromatic rings. The molecule has 2 aromatic carbocycles. The fourth-order valence-corrected chi connectivity index (χ4v) is 2.70. The SMILES string of the molecule is CCNc1nc(C)cc(Nc2ccc(NC(=O)Nc3cccc(Cl)c3)cc2)n1. The van der Waals surface area contributed by atoms with Gasteiger partial charge in [0, 0.05) is 40.4 Å². The summed E-state index contributed by atoms with van der Waals surface area (Å²) in [7, 11) is 0. The molecule has 0 spiro atoms. The van der Waals surface area contributed by atoms with Gasteiger partial charge in [-0.05, 0) is 56.3 Å². The normalized spacial score (nSPS) is 10.2. The van der Waals surface area contributed by atoms with Crippen LogP contribution in [0.2, 0.25) is 5.02 Å². The molecule has 0 saturated heterocycles. The van der Waals surface area contributed by atoms with Crippen LogP contribution in [-0.4, -0.2) is 22.5 Å². The molecule has 144 valence electrons. The maximum Gasteiger partial charge on any atom is 0.323 e. The Labute approximate surface area is 168 Å². The molecule has 0 aliphatic carbocycles. The van der Waals surface area contributed by atoms with Crippen molar-refractivity contribution in [1.82, 2.24) is 9.97 Å². The van der Waals surface area contributed by atoms with E-state index in [0.29, 0.717) is 28.2 Å². The molecule has 0 aliphatic heterocycles. The van der Waals surface area contributed by atoms with Gasteiger partial charge in [0.1, 0.15) is 5.82 Å². The number of carbonyl (C=O) groups excluding carboxylic acids is 1. The monoisotopic (exact) mass is 396 g/mol. The smallest absolute Gasteiger partial charge is 0.323 e. The molecule has 0 bridgehead atoms. The second kappa shape index (κ2) is 9.05. The summed E-state index contributed by atoms with van der Waals surface area (Å²) in [6, 6.07) is 15.8. The molecule has 3 rings (SSSR count). The Morgan fingerprint density at radius 1 is 0.964 bits per heavy atom. The van der Waals surface area contributed by atoms with E-state index in [-0.39, 0.29) is 6.03 Å². The molecular formula is C20H21ClN6O. The highest BCUT2D eigenvalue weighted by Gasteiger charge is 2.05. The Bertz CT molecular complexity index is 961. The third-order valence-electron chi connectivity index (χ3n) is 3.69. The summed E-state index contributed by atoms with van der Waals surface area (Å²) in [5.41, 5.74) is 3.00. The van der Waals surface area contributed by atoms with Gasteiger partial charge in [-0.3, -0.25) is 0 Å². The van der Waals surface area contributed by atoms with Gasteiger partial charge in [0.05, 0.1) is 0 Å². The van der Waals surface area contributed by atoms with E-state index in [9.17, 15) is 4.79 Å². The summed E-state index contributed by atoms with van der Waals surface area (Å²) in [5.74, 6) is 1.28. The molecule has 0 fully saturated rings. The molecule has 1 heterocycles. The Balaban J connectivity index is 1.61. The van der Waals surface area contributed by atoms with Gasteiger partial charge < -0.3 is 21.3 Å². The lowest BCUT2D eigenvalue weighted by Gasteiger charge is -2.11. The van der Waals surface area contributed by atoms with E-state index in [1.165, 1.54) is 0 Å². The van der Waals surface area contributed by atoms with Crippen molar-refractivity contribution in [1.29, 1.82) is 0 Å². The number of aryl methyl sites for hydroxylation is 1. The summed E-state index contributed by atoms with van der Waals surface area (Å²) in [4.78, 5) is 20.8. The van der Waals surface area contributed by atoms with Crippen LogP contribution in [0.3, 0.4) is 0 Å². The van der Waals surface area contributed by atoms with Crippen molar-refractivity contribution in [3.05, 3.63) is 65.3 Å². The molecule has 2 amide bonds. The van der Waals surface area contributed by atoms with E-state index in [0.717, 1.165) is 17.9 Å². The topological polar surface area (TPSA) is 91.0 Å². The van der Waals surface area contributed by atoms with Gasteiger partial charge in [0.25, 0.3) is 0 Å². The maximum atomic E-state index is 12.1. The lowest BCUT2D eigenvalue weighted by atomic mass is 10.2. The molecule has 0 radical (unpaired) electrons. The maximum absolute atomic E-state index is 12.1. The van der Waals surface area contributed by atoms with Crippen LogP contribution in [0.5, 0.6) is 0 Å². The van der Waals surface area contributed by atoms with Crippen LogP contribution in [0, 0.1) is 6.92 Å². The molecule has 8 heteroatoms. The standard InChI is InChI=1S/C20H21ClN6O/c1-3-22-19-23-13(2)11-18(27-19)24-15-7-9-16(10-8-15)25-20(28)26-17-6-4-5-14(21)12-17/h4-12H,3H2,1-2H3,(H2,25,26,28)(H2,22,23,24,27). The van der Waals surface area contributed by atoms with E-state index in [1.807, 2.05) is 32.0 Å². The fraction of sp³-hybridized carbons (Fsp3) is 0.150. The fourth-order valence-electron chi connectivity index (χ4n) is 2.51. The first-order valence-electron chi connectivity index (χ1n) is 8.82. The predicted octanol–water partition coefficient (Wildman–Crippen LogP) is 5.26. The van der Waals surface area contributed by atoms with Crippen molar-refractivity contribution in [3.63, 3.8) is 0 Å². The van der Waals surface area contributed by atoms with Crippen LogP contribution in [0.1, 0.15) is 12.6 Å². The number of urea groups is 1. The van der Waals surface area contributed by atoms with Gasteiger partial charge in [-0.2, -0.15) is 4.98 Å². The second-order valence-corrected chi connectivity index (χ2v) is 6.48. The van der Waals surface area contributed by atoms with Crippen molar-refractivity contribution < 1.29 is 4.79 Å². The number of hydrogen-bond acceptors (Lipinski definition) is 5. The molecule has 0 unspecified atom stereocenters. The minimum absolute atomic E-state index is 0.343. The van der Waals surface area contributed by atoms with E-state index in [2.05, 4.69) is 31.2 Å². The number of anilines is 5. The van der Waals surface area contributed by atoms with Gasteiger partial charge in [-0.1, -0.05) is 17.7 Å². The first kappa shape index (κ1) is 19.4. The van der Waals surface area contributed by atoms with Crippen LogP contribution in [0.4, 0.5) is 33.6 Å². The van der Waals surface area contributed by atoms with Gasteiger partial charge >= 0.3 is 6.03 Å². The molecular weight excluding hydrogens is 376 g/mol. The zero-order chi connectivity index (χ0) is 19.9. The van der Waals surface area contributed by atoms with Gasteiger partial charge in [-0.25, -0.2) is 9.78 Å². The summed E-state index contributed by atoms with van der Waals surface area (Å²) in [5, 5.41) is 12.4. The summed E-state index contributed by atoms with van der Waals surface area (Å²) < 4.78 is 0. The van der Waals surface area contributed by atoms with Crippen LogP contribution in [0.15, 0.2) is 54.6 Å². The van der Waals surface area contributed by atoms with Crippen molar-refractivity contribution in [2.75, 3.05) is 27.8 Å². The summed E-state index contributed by atoms with van der Waals surface area (Å²) >= 11 is 5.92. The Kier molecular flexibility index (Phi) is 6.29. The third kappa shape index (κ3) is 5.59. The average molecular weight is 397 g/mol. The van der Waals surface area contributed by atoms with Gasteiger partial charge in [0.2, 0.25) is 5.95 Å². The number of hydrogen-bond donors (Lipinski definition) is 4. The summed E-state index contributed by atoms with van der Waals surface area (Å²) in [6.45, 7) is 4.66. The first-order chi connectivity index (χ1) is 13.5. The van der Waals surface area contributed by atoms with E-state index in [1.54, 1.807) is 36.4 Å². The van der Waals surface area contributed by atoms with E-state index >= 15 is 0 Å². The van der Waals surface area contributed by atoms with Crippen molar-refractivity contribution in [3.8, 4) is 0 Å². The third-order valence-corrected chi connectivity index (χ3v) is 3.92. The molecule has 0 aliphatic rings. The zero-order valence-corrected chi connectivity index (χ0v) is 16.3. The van der Waals surface area contributed by atoms with Crippen molar-refractivity contribution in [2.24, 2.45) is 0 Å². The molecule has 0 atom stereocenters.